The molecule has 110 valence electrons. The van der Waals surface area contributed by atoms with Crippen molar-refractivity contribution in [3.63, 3.8) is 0 Å². The van der Waals surface area contributed by atoms with Crippen molar-refractivity contribution in [1.29, 1.82) is 0 Å². The molecule has 22 heavy (non-hydrogen) atoms. The number of carbonyl (C=O) groups is 1. The van der Waals surface area contributed by atoms with Crippen LogP contribution in [0.5, 0.6) is 5.75 Å². The summed E-state index contributed by atoms with van der Waals surface area (Å²) >= 11 is 0. The highest BCUT2D eigenvalue weighted by Gasteiger charge is 2.06. The van der Waals surface area contributed by atoms with Gasteiger partial charge in [-0.2, -0.15) is 5.10 Å². The molecule has 0 fully saturated rings. The Morgan fingerprint density at radius 2 is 2.14 bits per heavy atom. The third-order valence-corrected chi connectivity index (χ3v) is 2.95. The van der Waals surface area contributed by atoms with Gasteiger partial charge in [0.05, 0.1) is 6.21 Å². The van der Waals surface area contributed by atoms with Gasteiger partial charge >= 0.3 is 0 Å². The van der Waals surface area contributed by atoms with E-state index in [1.54, 1.807) is 24.4 Å². The van der Waals surface area contributed by atoms with Gasteiger partial charge in [-0.1, -0.05) is 36.3 Å². The molecule has 0 saturated carbocycles. The first-order chi connectivity index (χ1) is 10.7. The fourth-order valence-corrected chi connectivity index (χ4v) is 1.86. The predicted octanol–water partition coefficient (Wildman–Crippen LogP) is 2.77. The molecule has 0 heterocycles. The highest BCUT2D eigenvalue weighted by Crippen LogP contribution is 2.11. The first-order valence-electron chi connectivity index (χ1n) is 6.76. The van der Waals surface area contributed by atoms with Crippen molar-refractivity contribution in [2.24, 2.45) is 5.10 Å². The lowest BCUT2D eigenvalue weighted by Gasteiger charge is -2.04. The number of amides is 1. The summed E-state index contributed by atoms with van der Waals surface area (Å²) in [4.78, 5) is 12.0. The van der Waals surface area contributed by atoms with Crippen LogP contribution >= 0.6 is 0 Å². The van der Waals surface area contributed by atoms with Gasteiger partial charge in [0.25, 0.3) is 5.91 Å². The number of hydrogen-bond acceptors (Lipinski definition) is 3. The quantitative estimate of drug-likeness (QED) is 0.523. The topological polar surface area (TPSA) is 50.7 Å². The second-order valence-corrected chi connectivity index (χ2v) is 4.58. The second kappa shape index (κ2) is 7.65. The SMILES string of the molecule is C#CCOc1cccc(/C=N/NC(=O)c2ccccc2C)c1. The van der Waals surface area contributed by atoms with Crippen LogP contribution in [-0.2, 0) is 0 Å². The molecule has 4 heteroatoms. The Kier molecular flexibility index (Phi) is 5.33. The van der Waals surface area contributed by atoms with Crippen molar-refractivity contribution in [2.45, 2.75) is 6.92 Å². The van der Waals surface area contributed by atoms with Gasteiger partial charge in [0.1, 0.15) is 12.4 Å². The van der Waals surface area contributed by atoms with E-state index in [0.29, 0.717) is 11.3 Å². The number of terminal acetylenes is 1. The van der Waals surface area contributed by atoms with E-state index < -0.39 is 0 Å². The molecule has 0 aliphatic rings. The number of aryl methyl sites for hydroxylation is 1. The average Bonchev–Trinajstić information content (AvgIpc) is 2.53. The maximum atomic E-state index is 12.0. The molecular weight excluding hydrogens is 276 g/mol. The van der Waals surface area contributed by atoms with Crippen molar-refractivity contribution in [2.75, 3.05) is 6.61 Å². The Labute approximate surface area is 129 Å². The second-order valence-electron chi connectivity index (χ2n) is 4.58. The zero-order valence-electron chi connectivity index (χ0n) is 12.2. The molecule has 0 radical (unpaired) electrons. The minimum absolute atomic E-state index is 0.213. The molecule has 0 spiro atoms. The van der Waals surface area contributed by atoms with E-state index in [9.17, 15) is 4.79 Å². The van der Waals surface area contributed by atoms with E-state index in [0.717, 1.165) is 11.1 Å². The van der Waals surface area contributed by atoms with Gasteiger partial charge in [-0.15, -0.1) is 6.42 Å². The zero-order chi connectivity index (χ0) is 15.8. The van der Waals surface area contributed by atoms with E-state index >= 15 is 0 Å². The van der Waals surface area contributed by atoms with Crippen LogP contribution in [0.4, 0.5) is 0 Å². The van der Waals surface area contributed by atoms with E-state index in [2.05, 4.69) is 16.4 Å². The standard InChI is InChI=1S/C18H16N2O2/c1-3-11-22-16-9-6-8-15(12-16)13-19-20-18(21)17-10-5-4-7-14(17)2/h1,4-10,12-13H,11H2,2H3,(H,20,21)/b19-13+. The third kappa shape index (κ3) is 4.22. The number of benzene rings is 2. The summed E-state index contributed by atoms with van der Waals surface area (Å²) in [6.07, 6.45) is 6.70. The maximum absolute atomic E-state index is 12.0. The molecule has 4 nitrogen and oxygen atoms in total. The summed E-state index contributed by atoms with van der Waals surface area (Å²) in [6, 6.07) is 14.6. The number of ether oxygens (including phenoxy) is 1. The molecule has 0 aliphatic carbocycles. The highest BCUT2D eigenvalue weighted by molar-refractivity contribution is 5.96. The van der Waals surface area contributed by atoms with Gasteiger partial charge in [0, 0.05) is 5.56 Å². The maximum Gasteiger partial charge on any atom is 0.271 e. The van der Waals surface area contributed by atoms with E-state index in [1.165, 1.54) is 0 Å². The number of carbonyl (C=O) groups excluding carboxylic acids is 1. The summed E-state index contributed by atoms with van der Waals surface area (Å²) in [6.45, 7) is 2.09. The molecular formula is C18H16N2O2. The highest BCUT2D eigenvalue weighted by atomic mass is 16.5. The monoisotopic (exact) mass is 292 g/mol. The first-order valence-corrected chi connectivity index (χ1v) is 6.76. The van der Waals surface area contributed by atoms with Crippen molar-refractivity contribution < 1.29 is 9.53 Å². The van der Waals surface area contributed by atoms with Crippen molar-refractivity contribution in [3.05, 3.63) is 65.2 Å². The lowest BCUT2D eigenvalue weighted by atomic mass is 10.1. The molecule has 0 unspecified atom stereocenters. The summed E-state index contributed by atoms with van der Waals surface area (Å²) in [7, 11) is 0. The van der Waals surface area contributed by atoms with Crippen molar-refractivity contribution in [1.82, 2.24) is 5.43 Å². The molecule has 0 atom stereocenters. The van der Waals surface area contributed by atoms with Gasteiger partial charge in [-0.3, -0.25) is 4.79 Å². The van der Waals surface area contributed by atoms with Crippen LogP contribution in [0.25, 0.3) is 0 Å². The van der Waals surface area contributed by atoms with E-state index in [1.807, 2.05) is 37.3 Å². The minimum atomic E-state index is -0.242. The van der Waals surface area contributed by atoms with E-state index in [4.69, 9.17) is 11.2 Å². The Bertz CT molecular complexity index is 730. The van der Waals surface area contributed by atoms with Gasteiger partial charge in [-0.25, -0.2) is 5.43 Å². The van der Waals surface area contributed by atoms with Crippen LogP contribution in [0, 0.1) is 19.3 Å². The minimum Gasteiger partial charge on any atom is -0.481 e. The molecule has 2 rings (SSSR count). The van der Waals surface area contributed by atoms with Crippen molar-refractivity contribution >= 4 is 12.1 Å². The molecule has 0 aromatic heterocycles. The van der Waals surface area contributed by atoms with Crippen LogP contribution in [-0.4, -0.2) is 18.7 Å². The molecule has 2 aromatic carbocycles. The van der Waals surface area contributed by atoms with Crippen molar-refractivity contribution in [3.8, 4) is 18.1 Å². The summed E-state index contributed by atoms with van der Waals surface area (Å²) < 4.78 is 5.32. The van der Waals surface area contributed by atoms with Gasteiger partial charge in [0.2, 0.25) is 0 Å². The lowest BCUT2D eigenvalue weighted by molar-refractivity contribution is 0.0954. The Morgan fingerprint density at radius 1 is 1.32 bits per heavy atom. The normalized spacial score (nSPS) is 10.2. The fraction of sp³-hybridized carbons (Fsp3) is 0.111. The molecule has 0 aliphatic heterocycles. The molecule has 2 aromatic rings. The molecule has 1 amide bonds. The number of rotatable bonds is 5. The molecule has 1 N–H and O–H groups in total. The Hall–Kier alpha value is -3.06. The first kappa shape index (κ1) is 15.3. The number of hydrazone groups is 1. The van der Waals surface area contributed by atoms with Gasteiger partial charge in [0.15, 0.2) is 0 Å². The fourth-order valence-electron chi connectivity index (χ4n) is 1.86. The van der Waals surface area contributed by atoms with Gasteiger partial charge in [-0.05, 0) is 36.2 Å². The third-order valence-electron chi connectivity index (χ3n) is 2.95. The van der Waals surface area contributed by atoms with Gasteiger partial charge < -0.3 is 4.74 Å². The number of nitrogens with one attached hydrogen (secondary N) is 1. The smallest absolute Gasteiger partial charge is 0.271 e. The van der Waals surface area contributed by atoms with E-state index in [-0.39, 0.29) is 12.5 Å². The van der Waals surface area contributed by atoms with Crippen LogP contribution in [0.1, 0.15) is 21.5 Å². The van der Waals surface area contributed by atoms with Crippen LogP contribution in [0.2, 0.25) is 0 Å². The largest absolute Gasteiger partial charge is 0.481 e. The molecule has 0 saturated heterocycles. The summed E-state index contributed by atoms with van der Waals surface area (Å²) in [5.74, 6) is 2.82. The Morgan fingerprint density at radius 3 is 2.91 bits per heavy atom. The summed E-state index contributed by atoms with van der Waals surface area (Å²) in [5.41, 5.74) is 4.82. The van der Waals surface area contributed by atoms with Crippen LogP contribution < -0.4 is 10.2 Å². The zero-order valence-corrected chi connectivity index (χ0v) is 12.2. The van der Waals surface area contributed by atoms with Crippen LogP contribution in [0.15, 0.2) is 53.6 Å². The van der Waals surface area contributed by atoms with Crippen LogP contribution in [0.3, 0.4) is 0 Å². The predicted molar refractivity (Wildman–Crippen MR) is 87.0 cm³/mol. The number of nitrogens with zero attached hydrogens (tertiary/aromatic N) is 1. The number of hydrogen-bond donors (Lipinski definition) is 1. The molecule has 0 bridgehead atoms. The average molecular weight is 292 g/mol. The summed E-state index contributed by atoms with van der Waals surface area (Å²) in [5, 5.41) is 3.96. The lowest BCUT2D eigenvalue weighted by Crippen LogP contribution is -2.18. The Balaban J connectivity index is 1.99.